The van der Waals surface area contributed by atoms with E-state index in [0.717, 1.165) is 32.4 Å². The zero-order chi connectivity index (χ0) is 11.8. The van der Waals surface area contributed by atoms with Crippen molar-refractivity contribution in [1.82, 2.24) is 10.6 Å². The molecule has 0 unspecified atom stereocenters. The average molecular weight is 226 g/mol. The van der Waals surface area contributed by atoms with Crippen molar-refractivity contribution in [3.63, 3.8) is 0 Å². The zero-order valence-corrected chi connectivity index (χ0v) is 10.7. The summed E-state index contributed by atoms with van der Waals surface area (Å²) >= 11 is 0. The van der Waals surface area contributed by atoms with Gasteiger partial charge in [-0.15, -0.1) is 0 Å². The quantitative estimate of drug-likeness (QED) is 0.622. The van der Waals surface area contributed by atoms with Crippen LogP contribution >= 0.6 is 0 Å². The number of carbonyl (C=O) groups is 1. The number of nitrogens with one attached hydrogen (secondary N) is 2. The number of hydrogen-bond acceptors (Lipinski definition) is 2. The fourth-order valence-corrected chi connectivity index (χ4v) is 2.00. The van der Waals surface area contributed by atoms with Gasteiger partial charge in [0, 0.05) is 18.5 Å². The second kappa shape index (κ2) is 7.66. The van der Waals surface area contributed by atoms with Crippen molar-refractivity contribution in [3.05, 3.63) is 0 Å². The maximum atomic E-state index is 11.5. The SMILES string of the molecule is CCC(CC)NCCCNC(=O)C1CCC1. The summed E-state index contributed by atoms with van der Waals surface area (Å²) in [6.45, 7) is 6.25. The van der Waals surface area contributed by atoms with Crippen molar-refractivity contribution in [1.29, 1.82) is 0 Å². The fourth-order valence-electron chi connectivity index (χ4n) is 2.00. The third-order valence-electron chi connectivity index (χ3n) is 3.55. The van der Waals surface area contributed by atoms with Crippen molar-refractivity contribution in [2.75, 3.05) is 13.1 Å². The van der Waals surface area contributed by atoms with Gasteiger partial charge in [0.1, 0.15) is 0 Å². The van der Waals surface area contributed by atoms with Crippen LogP contribution in [0.2, 0.25) is 0 Å². The van der Waals surface area contributed by atoms with Crippen LogP contribution in [0.1, 0.15) is 52.4 Å². The Labute approximate surface area is 99.4 Å². The van der Waals surface area contributed by atoms with E-state index in [9.17, 15) is 4.79 Å². The van der Waals surface area contributed by atoms with Crippen molar-refractivity contribution >= 4 is 5.91 Å². The maximum Gasteiger partial charge on any atom is 0.223 e. The Hall–Kier alpha value is -0.570. The van der Waals surface area contributed by atoms with Crippen LogP contribution in [0, 0.1) is 5.92 Å². The molecule has 16 heavy (non-hydrogen) atoms. The van der Waals surface area contributed by atoms with E-state index in [2.05, 4.69) is 24.5 Å². The summed E-state index contributed by atoms with van der Waals surface area (Å²) in [6.07, 6.45) is 6.83. The first kappa shape index (κ1) is 13.5. The van der Waals surface area contributed by atoms with Crippen LogP contribution < -0.4 is 10.6 Å². The molecule has 0 aromatic heterocycles. The summed E-state index contributed by atoms with van der Waals surface area (Å²) in [5.74, 6) is 0.598. The molecule has 0 atom stereocenters. The van der Waals surface area contributed by atoms with Crippen LogP contribution in [-0.2, 0) is 4.79 Å². The molecular formula is C13H26N2O. The average Bonchev–Trinajstić information content (AvgIpc) is 2.21. The number of hydrogen-bond donors (Lipinski definition) is 2. The lowest BCUT2D eigenvalue weighted by molar-refractivity contribution is -0.127. The molecule has 3 heteroatoms. The van der Waals surface area contributed by atoms with Gasteiger partial charge in [-0.25, -0.2) is 0 Å². The minimum absolute atomic E-state index is 0.272. The van der Waals surface area contributed by atoms with E-state index < -0.39 is 0 Å². The van der Waals surface area contributed by atoms with E-state index in [-0.39, 0.29) is 5.91 Å². The van der Waals surface area contributed by atoms with E-state index in [1.165, 1.54) is 19.3 Å². The third kappa shape index (κ3) is 4.52. The van der Waals surface area contributed by atoms with E-state index in [1.54, 1.807) is 0 Å². The molecule has 94 valence electrons. The van der Waals surface area contributed by atoms with Crippen LogP contribution in [-0.4, -0.2) is 25.0 Å². The van der Waals surface area contributed by atoms with Crippen LogP contribution in [0.15, 0.2) is 0 Å². The van der Waals surface area contributed by atoms with Gasteiger partial charge in [-0.2, -0.15) is 0 Å². The molecule has 0 aromatic rings. The Kier molecular flexibility index (Phi) is 6.46. The molecule has 0 bridgehead atoms. The van der Waals surface area contributed by atoms with E-state index >= 15 is 0 Å². The normalized spacial score (nSPS) is 16.2. The second-order valence-corrected chi connectivity index (χ2v) is 4.74. The first-order valence-electron chi connectivity index (χ1n) is 6.79. The van der Waals surface area contributed by atoms with Crippen LogP contribution in [0.3, 0.4) is 0 Å². The zero-order valence-electron chi connectivity index (χ0n) is 10.7. The van der Waals surface area contributed by atoms with Gasteiger partial charge in [-0.05, 0) is 38.6 Å². The number of rotatable bonds is 8. The fraction of sp³-hybridized carbons (Fsp3) is 0.923. The van der Waals surface area contributed by atoms with Crippen molar-refractivity contribution in [3.8, 4) is 0 Å². The predicted octanol–water partition coefficient (Wildman–Crippen LogP) is 2.07. The molecule has 1 aliphatic carbocycles. The molecule has 0 radical (unpaired) electrons. The molecule has 1 fully saturated rings. The highest BCUT2D eigenvalue weighted by Crippen LogP contribution is 2.25. The topological polar surface area (TPSA) is 41.1 Å². The van der Waals surface area contributed by atoms with E-state index in [1.807, 2.05) is 0 Å². The molecule has 1 amide bonds. The smallest absolute Gasteiger partial charge is 0.223 e. The Morgan fingerprint density at radius 1 is 1.25 bits per heavy atom. The van der Waals surface area contributed by atoms with Crippen LogP contribution in [0.5, 0.6) is 0 Å². The Bertz CT molecular complexity index is 198. The monoisotopic (exact) mass is 226 g/mol. The molecule has 1 saturated carbocycles. The Balaban J connectivity index is 1.92. The minimum Gasteiger partial charge on any atom is -0.356 e. The van der Waals surface area contributed by atoms with Gasteiger partial charge in [0.05, 0.1) is 0 Å². The molecule has 0 spiro atoms. The van der Waals surface area contributed by atoms with Gasteiger partial charge < -0.3 is 10.6 Å². The predicted molar refractivity (Wildman–Crippen MR) is 67.3 cm³/mol. The lowest BCUT2D eigenvalue weighted by Crippen LogP contribution is -2.36. The highest BCUT2D eigenvalue weighted by atomic mass is 16.1. The molecule has 0 saturated heterocycles. The summed E-state index contributed by atoms with van der Waals surface area (Å²) in [7, 11) is 0. The third-order valence-corrected chi connectivity index (χ3v) is 3.55. The van der Waals surface area contributed by atoms with Gasteiger partial charge >= 0.3 is 0 Å². The van der Waals surface area contributed by atoms with Crippen molar-refractivity contribution < 1.29 is 4.79 Å². The minimum atomic E-state index is 0.272. The molecule has 1 aliphatic rings. The van der Waals surface area contributed by atoms with E-state index in [4.69, 9.17) is 0 Å². The van der Waals surface area contributed by atoms with Crippen molar-refractivity contribution in [2.24, 2.45) is 5.92 Å². The summed E-state index contributed by atoms with van der Waals surface area (Å²) < 4.78 is 0. The van der Waals surface area contributed by atoms with E-state index in [0.29, 0.717) is 12.0 Å². The van der Waals surface area contributed by atoms with Gasteiger partial charge in [0.15, 0.2) is 0 Å². The highest BCUT2D eigenvalue weighted by molar-refractivity contribution is 5.79. The Morgan fingerprint density at radius 2 is 1.94 bits per heavy atom. The lowest BCUT2D eigenvalue weighted by Gasteiger charge is -2.24. The van der Waals surface area contributed by atoms with Crippen LogP contribution in [0.4, 0.5) is 0 Å². The first-order chi connectivity index (χ1) is 7.77. The molecule has 1 rings (SSSR count). The molecule has 0 heterocycles. The van der Waals surface area contributed by atoms with Crippen LogP contribution in [0.25, 0.3) is 0 Å². The molecular weight excluding hydrogens is 200 g/mol. The first-order valence-corrected chi connectivity index (χ1v) is 6.79. The Morgan fingerprint density at radius 3 is 2.44 bits per heavy atom. The lowest BCUT2D eigenvalue weighted by atomic mass is 9.85. The number of carbonyl (C=O) groups excluding carboxylic acids is 1. The summed E-state index contributed by atoms with van der Waals surface area (Å²) in [4.78, 5) is 11.5. The summed E-state index contributed by atoms with van der Waals surface area (Å²) in [6, 6.07) is 0.641. The maximum absolute atomic E-state index is 11.5. The van der Waals surface area contributed by atoms with Gasteiger partial charge in [0.2, 0.25) is 5.91 Å². The van der Waals surface area contributed by atoms with Crippen molar-refractivity contribution in [2.45, 2.75) is 58.4 Å². The largest absolute Gasteiger partial charge is 0.356 e. The van der Waals surface area contributed by atoms with Gasteiger partial charge in [0.25, 0.3) is 0 Å². The van der Waals surface area contributed by atoms with Gasteiger partial charge in [-0.3, -0.25) is 4.79 Å². The highest BCUT2D eigenvalue weighted by Gasteiger charge is 2.24. The molecule has 3 nitrogen and oxygen atoms in total. The second-order valence-electron chi connectivity index (χ2n) is 4.74. The standard InChI is InChI=1S/C13H26N2O/c1-3-12(4-2)14-9-6-10-15-13(16)11-7-5-8-11/h11-12,14H,3-10H2,1-2H3,(H,15,16). The molecule has 0 aliphatic heterocycles. The molecule has 0 aromatic carbocycles. The summed E-state index contributed by atoms with van der Waals surface area (Å²) in [5, 5.41) is 6.51. The summed E-state index contributed by atoms with van der Waals surface area (Å²) in [5.41, 5.74) is 0. The number of amides is 1. The molecule has 2 N–H and O–H groups in total. The van der Waals surface area contributed by atoms with Gasteiger partial charge in [-0.1, -0.05) is 20.3 Å².